The Morgan fingerprint density at radius 1 is 1.55 bits per heavy atom. The van der Waals surface area contributed by atoms with E-state index < -0.39 is 5.54 Å². The maximum Gasteiger partial charge on any atom is 0.268 e. The van der Waals surface area contributed by atoms with Gasteiger partial charge in [-0.1, -0.05) is 32.1 Å². The summed E-state index contributed by atoms with van der Waals surface area (Å²) in [7, 11) is 0. The largest absolute Gasteiger partial charge is 0.317 e. The van der Waals surface area contributed by atoms with Gasteiger partial charge in [0.25, 0.3) is 5.91 Å². The number of hydrogen-bond donors (Lipinski definition) is 1. The van der Waals surface area contributed by atoms with E-state index in [2.05, 4.69) is 11.7 Å². The quantitative estimate of drug-likeness (QED) is 0.854. The maximum absolute atomic E-state index is 12.4. The van der Waals surface area contributed by atoms with Gasteiger partial charge in [-0.05, 0) is 25.0 Å². The van der Waals surface area contributed by atoms with E-state index in [-0.39, 0.29) is 11.8 Å². The summed E-state index contributed by atoms with van der Waals surface area (Å²) < 4.78 is 1.42. The van der Waals surface area contributed by atoms with Gasteiger partial charge in [0, 0.05) is 11.3 Å². The van der Waals surface area contributed by atoms with E-state index in [1.165, 1.54) is 4.68 Å². The Morgan fingerprint density at radius 3 is 2.85 bits per heavy atom. The van der Waals surface area contributed by atoms with Crippen LogP contribution in [0.25, 0.3) is 10.9 Å². The molecule has 0 aliphatic heterocycles. The number of carbonyl (C=O) groups is 1. The van der Waals surface area contributed by atoms with Crippen LogP contribution in [0.4, 0.5) is 0 Å². The zero-order valence-electron chi connectivity index (χ0n) is 12.3. The molecule has 20 heavy (non-hydrogen) atoms. The summed E-state index contributed by atoms with van der Waals surface area (Å²) in [5, 5.41) is 5.18. The Kier molecular flexibility index (Phi) is 3.77. The van der Waals surface area contributed by atoms with Gasteiger partial charge in [-0.2, -0.15) is 9.78 Å². The van der Waals surface area contributed by atoms with Crippen molar-refractivity contribution in [3.8, 4) is 0 Å². The fourth-order valence-corrected chi connectivity index (χ4v) is 2.40. The standard InChI is InChI=1S/C14H15N3O.C2H6/c1-3-10-7-14(10,15)13(18)17-12-6-4-5-9(2)11(12)8-16-17;1-2/h3-6,8,10H,1,7,15H2,2H3;1-2H3. The Hall–Kier alpha value is -1.94. The summed E-state index contributed by atoms with van der Waals surface area (Å²) >= 11 is 0. The Labute approximate surface area is 119 Å². The van der Waals surface area contributed by atoms with Crippen LogP contribution in [0.5, 0.6) is 0 Å². The summed E-state index contributed by atoms with van der Waals surface area (Å²) in [4.78, 5) is 12.4. The van der Waals surface area contributed by atoms with Crippen LogP contribution in [0, 0.1) is 12.8 Å². The topological polar surface area (TPSA) is 60.9 Å². The van der Waals surface area contributed by atoms with Crippen molar-refractivity contribution in [1.82, 2.24) is 9.78 Å². The monoisotopic (exact) mass is 271 g/mol. The van der Waals surface area contributed by atoms with Gasteiger partial charge in [-0.25, -0.2) is 0 Å². The minimum absolute atomic E-state index is 0.0639. The Bertz CT molecular complexity index is 659. The summed E-state index contributed by atoms with van der Waals surface area (Å²) in [6.07, 6.45) is 4.12. The summed E-state index contributed by atoms with van der Waals surface area (Å²) in [5.41, 5.74) is 7.19. The predicted molar refractivity (Wildman–Crippen MR) is 81.7 cm³/mol. The van der Waals surface area contributed by atoms with E-state index in [1.807, 2.05) is 39.0 Å². The van der Waals surface area contributed by atoms with Gasteiger partial charge in [0.15, 0.2) is 0 Å². The van der Waals surface area contributed by atoms with Gasteiger partial charge < -0.3 is 5.73 Å². The molecule has 1 saturated carbocycles. The first kappa shape index (κ1) is 14.5. The molecule has 2 aromatic rings. The van der Waals surface area contributed by atoms with Crippen molar-refractivity contribution in [2.24, 2.45) is 11.7 Å². The number of aromatic nitrogens is 2. The maximum atomic E-state index is 12.4. The van der Waals surface area contributed by atoms with Gasteiger partial charge in [0.1, 0.15) is 5.54 Å². The molecule has 4 nitrogen and oxygen atoms in total. The third kappa shape index (κ3) is 2.06. The molecule has 106 valence electrons. The average Bonchev–Trinajstić information content (AvgIpc) is 2.96. The number of rotatable bonds is 2. The summed E-state index contributed by atoms with van der Waals surface area (Å²) in [6.45, 7) is 9.70. The summed E-state index contributed by atoms with van der Waals surface area (Å²) in [6, 6.07) is 5.81. The van der Waals surface area contributed by atoms with Crippen molar-refractivity contribution in [3.63, 3.8) is 0 Å². The SMILES string of the molecule is C=CC1CC1(N)C(=O)n1ncc2c(C)cccc21.CC. The van der Waals surface area contributed by atoms with Gasteiger partial charge in [0.2, 0.25) is 0 Å². The molecule has 0 radical (unpaired) electrons. The van der Waals surface area contributed by atoms with Gasteiger partial charge in [-0.15, -0.1) is 6.58 Å². The smallest absolute Gasteiger partial charge is 0.268 e. The van der Waals surface area contributed by atoms with Crippen molar-refractivity contribution in [1.29, 1.82) is 0 Å². The number of fused-ring (bicyclic) bond motifs is 1. The lowest BCUT2D eigenvalue weighted by Gasteiger charge is -2.09. The number of carbonyl (C=O) groups excluding carboxylic acids is 1. The van der Waals surface area contributed by atoms with Crippen LogP contribution in [-0.4, -0.2) is 21.2 Å². The molecule has 2 N–H and O–H groups in total. The molecule has 1 aromatic heterocycles. The molecule has 1 aliphatic rings. The van der Waals surface area contributed by atoms with Crippen molar-refractivity contribution < 1.29 is 4.79 Å². The van der Waals surface area contributed by atoms with Crippen LogP contribution in [0.3, 0.4) is 0 Å². The van der Waals surface area contributed by atoms with Crippen LogP contribution in [0.15, 0.2) is 37.1 Å². The predicted octanol–water partition coefficient (Wildman–Crippen LogP) is 2.91. The van der Waals surface area contributed by atoms with Crippen molar-refractivity contribution in [2.45, 2.75) is 32.7 Å². The minimum atomic E-state index is -0.815. The van der Waals surface area contributed by atoms with Crippen LogP contribution >= 0.6 is 0 Å². The molecule has 2 unspecified atom stereocenters. The molecule has 2 atom stereocenters. The van der Waals surface area contributed by atoms with Gasteiger partial charge in [-0.3, -0.25) is 4.79 Å². The second-order valence-corrected chi connectivity index (χ2v) is 4.96. The molecule has 0 bridgehead atoms. The molecule has 4 heteroatoms. The molecular weight excluding hydrogens is 250 g/mol. The second-order valence-electron chi connectivity index (χ2n) is 4.96. The second kappa shape index (κ2) is 5.21. The summed E-state index contributed by atoms with van der Waals surface area (Å²) in [5.74, 6) is -0.0814. The fourth-order valence-electron chi connectivity index (χ4n) is 2.40. The zero-order chi connectivity index (χ0) is 14.9. The van der Waals surface area contributed by atoms with Crippen LogP contribution in [0.1, 0.15) is 30.6 Å². The molecule has 1 aliphatic carbocycles. The first-order valence-corrected chi connectivity index (χ1v) is 6.97. The lowest BCUT2D eigenvalue weighted by molar-refractivity contribution is 0.0850. The van der Waals surface area contributed by atoms with Gasteiger partial charge in [0.05, 0.1) is 11.7 Å². The number of benzene rings is 1. The highest BCUT2D eigenvalue weighted by molar-refractivity contribution is 5.98. The Morgan fingerprint density at radius 2 is 2.25 bits per heavy atom. The first-order valence-electron chi connectivity index (χ1n) is 6.97. The van der Waals surface area contributed by atoms with Crippen molar-refractivity contribution >= 4 is 16.8 Å². The third-order valence-electron chi connectivity index (χ3n) is 3.77. The van der Waals surface area contributed by atoms with E-state index in [4.69, 9.17) is 5.73 Å². The van der Waals surface area contributed by atoms with E-state index in [0.717, 1.165) is 16.5 Å². The number of nitrogens with two attached hydrogens (primary N) is 1. The third-order valence-corrected chi connectivity index (χ3v) is 3.77. The zero-order valence-corrected chi connectivity index (χ0v) is 12.3. The van der Waals surface area contributed by atoms with Crippen molar-refractivity contribution in [3.05, 3.63) is 42.6 Å². The lowest BCUT2D eigenvalue weighted by Crippen LogP contribution is -2.39. The van der Waals surface area contributed by atoms with Crippen LogP contribution in [0.2, 0.25) is 0 Å². The molecular formula is C16H21N3O. The highest BCUT2D eigenvalue weighted by Gasteiger charge is 2.56. The number of hydrogen-bond acceptors (Lipinski definition) is 3. The molecule has 1 heterocycles. The molecule has 0 amide bonds. The van der Waals surface area contributed by atoms with Gasteiger partial charge >= 0.3 is 0 Å². The fraction of sp³-hybridized carbons (Fsp3) is 0.375. The highest BCUT2D eigenvalue weighted by Crippen LogP contribution is 2.43. The van der Waals surface area contributed by atoms with Crippen LogP contribution < -0.4 is 5.73 Å². The Balaban J connectivity index is 0.000000704. The normalized spacial score (nSPS) is 23.9. The molecule has 3 rings (SSSR count). The lowest BCUT2D eigenvalue weighted by atomic mass is 10.1. The average molecular weight is 271 g/mol. The molecule has 1 fully saturated rings. The first-order chi connectivity index (χ1) is 9.58. The van der Waals surface area contributed by atoms with E-state index in [1.54, 1.807) is 12.3 Å². The van der Waals surface area contributed by atoms with E-state index in [9.17, 15) is 4.79 Å². The number of nitrogens with zero attached hydrogens (tertiary/aromatic N) is 2. The van der Waals surface area contributed by atoms with E-state index in [0.29, 0.717) is 6.42 Å². The molecule has 1 aromatic carbocycles. The van der Waals surface area contributed by atoms with E-state index >= 15 is 0 Å². The molecule has 0 saturated heterocycles. The minimum Gasteiger partial charge on any atom is -0.317 e. The van der Waals surface area contributed by atoms with Crippen LogP contribution in [-0.2, 0) is 0 Å². The highest BCUT2D eigenvalue weighted by atomic mass is 16.2. The molecule has 0 spiro atoms. The van der Waals surface area contributed by atoms with Crippen molar-refractivity contribution in [2.75, 3.05) is 0 Å². The number of aryl methyl sites for hydroxylation is 1.